The fourth-order valence-electron chi connectivity index (χ4n) is 6.24. The zero-order chi connectivity index (χ0) is 24.6. The molecule has 35 heavy (non-hydrogen) atoms. The molecule has 2 bridgehead atoms. The van der Waals surface area contributed by atoms with Crippen LogP contribution >= 0.6 is 0 Å². The van der Waals surface area contributed by atoms with E-state index < -0.39 is 45.0 Å². The fourth-order valence-corrected chi connectivity index (χ4v) is 6.24. The van der Waals surface area contributed by atoms with E-state index in [9.17, 15) is 29.8 Å². The van der Waals surface area contributed by atoms with Gasteiger partial charge in [0.15, 0.2) is 0 Å². The van der Waals surface area contributed by atoms with Crippen molar-refractivity contribution in [3.05, 3.63) is 109 Å². The maximum absolute atomic E-state index is 14.0. The third kappa shape index (κ3) is 2.38. The first kappa shape index (κ1) is 21.0. The van der Waals surface area contributed by atoms with Gasteiger partial charge in [0, 0.05) is 28.0 Å². The number of imide groups is 1. The summed E-state index contributed by atoms with van der Waals surface area (Å²) >= 11 is 0. The van der Waals surface area contributed by atoms with Gasteiger partial charge in [-0.3, -0.25) is 29.8 Å². The molecule has 4 aliphatic rings. The standard InChI is InChI=1S/C25H17N3O7/c1-35-19-12-13(27(31)32)10-11-18(19)26-23(29)21-20-14-6-2-4-8-16(14)25(28(33)34,22(21)24(26)30)17-9-5-3-7-15(17)20/h2-12,20-22H,1H3/t20?,21-,22+,25?/m0/s1. The summed E-state index contributed by atoms with van der Waals surface area (Å²) < 4.78 is 5.28. The second-order valence-corrected chi connectivity index (χ2v) is 8.80. The molecule has 10 nitrogen and oxygen atoms in total. The molecule has 0 aromatic heterocycles. The molecule has 174 valence electrons. The smallest absolute Gasteiger partial charge is 0.285 e. The second-order valence-electron chi connectivity index (χ2n) is 8.80. The van der Waals surface area contributed by atoms with Crippen LogP contribution in [0.5, 0.6) is 5.75 Å². The first-order valence-electron chi connectivity index (χ1n) is 10.9. The highest BCUT2D eigenvalue weighted by atomic mass is 16.6. The Balaban J connectivity index is 1.62. The number of non-ortho nitro benzene ring substituents is 1. The number of amides is 2. The van der Waals surface area contributed by atoms with Crippen molar-refractivity contribution in [2.75, 3.05) is 12.0 Å². The molecule has 2 atom stereocenters. The van der Waals surface area contributed by atoms with Crippen molar-refractivity contribution in [3.8, 4) is 5.75 Å². The summed E-state index contributed by atoms with van der Waals surface area (Å²) in [6, 6.07) is 17.4. The number of nitro benzene ring substituents is 1. The molecule has 0 spiro atoms. The molecule has 7 rings (SSSR count). The van der Waals surface area contributed by atoms with Crippen molar-refractivity contribution >= 4 is 23.2 Å². The highest BCUT2D eigenvalue weighted by molar-refractivity contribution is 6.24. The SMILES string of the molecule is COc1cc([N+](=O)[O-])ccc1N1C(=O)[C@H]2C3c4ccccc4C([N+](=O)[O-])(c4ccccc43)[C@H]2C1=O. The molecule has 3 aromatic rings. The lowest BCUT2D eigenvalue weighted by atomic mass is 9.51. The van der Waals surface area contributed by atoms with Crippen LogP contribution in [-0.4, -0.2) is 28.8 Å². The van der Waals surface area contributed by atoms with Crippen LogP contribution in [0, 0.1) is 32.1 Å². The summed E-state index contributed by atoms with van der Waals surface area (Å²) in [5.41, 5.74) is -0.0626. The molecule has 10 heteroatoms. The van der Waals surface area contributed by atoms with E-state index in [4.69, 9.17) is 4.74 Å². The van der Waals surface area contributed by atoms with Gasteiger partial charge < -0.3 is 4.74 Å². The van der Waals surface area contributed by atoms with E-state index in [1.54, 1.807) is 48.5 Å². The lowest BCUT2D eigenvalue weighted by molar-refractivity contribution is -0.578. The fraction of sp³-hybridized carbons (Fsp3) is 0.200. The number of benzene rings is 3. The Bertz CT molecular complexity index is 1440. The largest absolute Gasteiger partial charge is 0.494 e. The molecule has 1 heterocycles. The van der Waals surface area contributed by atoms with Gasteiger partial charge in [0.1, 0.15) is 11.7 Å². The number of carbonyl (C=O) groups is 2. The maximum atomic E-state index is 14.0. The molecule has 1 aliphatic heterocycles. The molecule has 0 radical (unpaired) electrons. The van der Waals surface area contributed by atoms with Crippen molar-refractivity contribution < 1.29 is 24.2 Å². The number of methoxy groups -OCH3 is 1. The Morgan fingerprint density at radius 3 is 2.03 bits per heavy atom. The second kappa shape index (κ2) is 6.95. The lowest BCUT2D eigenvalue weighted by Gasteiger charge is -2.48. The van der Waals surface area contributed by atoms with E-state index in [0.717, 1.165) is 11.0 Å². The summed E-state index contributed by atoms with van der Waals surface area (Å²) in [5.74, 6) is -4.18. The number of hydrogen-bond donors (Lipinski definition) is 0. The summed E-state index contributed by atoms with van der Waals surface area (Å²) in [6.07, 6.45) is 0. The molecule has 0 saturated carbocycles. The summed E-state index contributed by atoms with van der Waals surface area (Å²) in [4.78, 5) is 51.9. The Labute approximate surface area is 198 Å². The number of hydrogen-bond acceptors (Lipinski definition) is 7. The number of nitro groups is 2. The molecule has 0 unspecified atom stereocenters. The Morgan fingerprint density at radius 1 is 0.886 bits per heavy atom. The molecular formula is C25H17N3O7. The number of ether oxygens (including phenoxy) is 1. The van der Waals surface area contributed by atoms with Crippen molar-refractivity contribution in [2.45, 2.75) is 11.5 Å². The average Bonchev–Trinajstić information content (AvgIpc) is 3.13. The van der Waals surface area contributed by atoms with Crippen LogP contribution in [0.4, 0.5) is 11.4 Å². The van der Waals surface area contributed by atoms with Crippen LogP contribution < -0.4 is 9.64 Å². The molecule has 1 fully saturated rings. The molecule has 3 aromatic carbocycles. The van der Waals surface area contributed by atoms with Gasteiger partial charge in [-0.2, -0.15) is 0 Å². The van der Waals surface area contributed by atoms with Gasteiger partial charge in [-0.05, 0) is 17.2 Å². The van der Waals surface area contributed by atoms with Gasteiger partial charge in [-0.15, -0.1) is 0 Å². The lowest BCUT2D eigenvalue weighted by Crippen LogP contribution is -2.57. The maximum Gasteiger partial charge on any atom is 0.285 e. The zero-order valence-electron chi connectivity index (χ0n) is 18.3. The predicted octanol–water partition coefficient (Wildman–Crippen LogP) is 3.39. The van der Waals surface area contributed by atoms with Crippen LogP contribution in [-0.2, 0) is 15.1 Å². The first-order valence-corrected chi connectivity index (χ1v) is 10.9. The Morgan fingerprint density at radius 2 is 1.49 bits per heavy atom. The number of nitrogens with zero attached hydrogens (tertiary/aromatic N) is 3. The van der Waals surface area contributed by atoms with E-state index in [2.05, 4.69) is 0 Å². The number of rotatable bonds is 4. The summed E-state index contributed by atoms with van der Waals surface area (Å²) in [6.45, 7) is 0. The average molecular weight is 471 g/mol. The molecule has 1 saturated heterocycles. The molecule has 3 aliphatic carbocycles. The highest BCUT2D eigenvalue weighted by Crippen LogP contribution is 2.64. The topological polar surface area (TPSA) is 133 Å². The van der Waals surface area contributed by atoms with Crippen LogP contribution in [0.1, 0.15) is 28.2 Å². The van der Waals surface area contributed by atoms with Crippen LogP contribution in [0.2, 0.25) is 0 Å². The van der Waals surface area contributed by atoms with Crippen molar-refractivity contribution in [3.63, 3.8) is 0 Å². The highest BCUT2D eigenvalue weighted by Gasteiger charge is 2.75. The minimum Gasteiger partial charge on any atom is -0.494 e. The Kier molecular flexibility index (Phi) is 4.17. The minimum absolute atomic E-state index is 0.0218. The van der Waals surface area contributed by atoms with Crippen molar-refractivity contribution in [1.82, 2.24) is 0 Å². The van der Waals surface area contributed by atoms with E-state index >= 15 is 0 Å². The van der Waals surface area contributed by atoms with Gasteiger partial charge in [0.25, 0.3) is 11.2 Å². The van der Waals surface area contributed by atoms with Crippen molar-refractivity contribution in [2.24, 2.45) is 11.8 Å². The van der Waals surface area contributed by atoms with Crippen molar-refractivity contribution in [1.29, 1.82) is 0 Å². The van der Waals surface area contributed by atoms with E-state index in [-0.39, 0.29) is 17.1 Å². The van der Waals surface area contributed by atoms with Gasteiger partial charge in [0.05, 0.1) is 29.7 Å². The van der Waals surface area contributed by atoms with E-state index in [1.165, 1.54) is 19.2 Å². The van der Waals surface area contributed by atoms with Gasteiger partial charge in [-0.1, -0.05) is 48.5 Å². The Hall–Kier alpha value is -4.60. The molecule has 2 amide bonds. The monoisotopic (exact) mass is 471 g/mol. The van der Waals surface area contributed by atoms with Crippen LogP contribution in [0.15, 0.2) is 66.7 Å². The van der Waals surface area contributed by atoms with Crippen LogP contribution in [0.25, 0.3) is 0 Å². The zero-order valence-corrected chi connectivity index (χ0v) is 18.3. The third-order valence-electron chi connectivity index (χ3n) is 7.48. The first-order chi connectivity index (χ1) is 16.8. The summed E-state index contributed by atoms with van der Waals surface area (Å²) in [7, 11) is 1.27. The molecule has 0 N–H and O–H groups in total. The minimum atomic E-state index is -1.94. The van der Waals surface area contributed by atoms with Gasteiger partial charge >= 0.3 is 0 Å². The normalized spacial score (nSPS) is 25.6. The number of carbonyl (C=O) groups excluding carboxylic acids is 2. The molecular weight excluding hydrogens is 454 g/mol. The van der Waals surface area contributed by atoms with Gasteiger partial charge in [-0.25, -0.2) is 4.90 Å². The quantitative estimate of drug-likeness (QED) is 0.324. The third-order valence-corrected chi connectivity index (χ3v) is 7.48. The van der Waals surface area contributed by atoms with E-state index in [0.29, 0.717) is 22.3 Å². The number of anilines is 1. The predicted molar refractivity (Wildman–Crippen MR) is 122 cm³/mol. The van der Waals surface area contributed by atoms with Crippen LogP contribution in [0.3, 0.4) is 0 Å². The summed E-state index contributed by atoms with van der Waals surface area (Å²) in [5, 5.41) is 24.2. The van der Waals surface area contributed by atoms with Gasteiger partial charge in [0.2, 0.25) is 11.8 Å². The van der Waals surface area contributed by atoms with E-state index in [1.807, 2.05) is 0 Å².